The van der Waals surface area contributed by atoms with E-state index in [1.807, 2.05) is 53.2 Å². The van der Waals surface area contributed by atoms with Gasteiger partial charge in [-0.3, -0.25) is 4.79 Å². The molecular formula is C18H12N6OS2. The van der Waals surface area contributed by atoms with Crippen LogP contribution in [-0.4, -0.2) is 30.2 Å². The Morgan fingerprint density at radius 2 is 2.00 bits per heavy atom. The maximum absolute atomic E-state index is 12.5. The molecule has 0 aliphatic carbocycles. The molecule has 0 saturated heterocycles. The second-order valence-corrected chi connectivity index (χ2v) is 7.67. The fourth-order valence-corrected chi connectivity index (χ4v) is 4.44. The Hall–Kier alpha value is -3.17. The van der Waals surface area contributed by atoms with Crippen LogP contribution in [0.3, 0.4) is 0 Å². The minimum Gasteiger partial charge on any atom is -0.308 e. The van der Waals surface area contributed by atoms with Crippen molar-refractivity contribution in [2.24, 2.45) is 0 Å². The van der Waals surface area contributed by atoms with Gasteiger partial charge in [0.05, 0.1) is 5.39 Å². The molecule has 0 radical (unpaired) electrons. The van der Waals surface area contributed by atoms with Gasteiger partial charge >= 0.3 is 0 Å². The number of nitrogens with one attached hydrogen (secondary N) is 1. The van der Waals surface area contributed by atoms with Crippen molar-refractivity contribution in [3.63, 3.8) is 0 Å². The van der Waals surface area contributed by atoms with Gasteiger partial charge < -0.3 is 4.98 Å². The number of tetrazole rings is 1. The number of hydrogen-bond donors (Lipinski definition) is 1. The summed E-state index contributed by atoms with van der Waals surface area (Å²) in [7, 11) is 0. The lowest BCUT2D eigenvalue weighted by molar-refractivity contribution is 0.555. The molecule has 5 rings (SSSR count). The van der Waals surface area contributed by atoms with E-state index in [9.17, 15) is 4.79 Å². The second kappa shape index (κ2) is 6.53. The summed E-state index contributed by atoms with van der Waals surface area (Å²) in [5, 5.41) is 17.0. The third-order valence-corrected chi connectivity index (χ3v) is 5.79. The van der Waals surface area contributed by atoms with Gasteiger partial charge in [0.25, 0.3) is 5.56 Å². The van der Waals surface area contributed by atoms with Crippen molar-refractivity contribution in [3.8, 4) is 21.8 Å². The van der Waals surface area contributed by atoms with Gasteiger partial charge in [-0.25, -0.2) is 4.98 Å². The van der Waals surface area contributed by atoms with E-state index < -0.39 is 0 Å². The number of thiophene rings is 2. The molecule has 132 valence electrons. The van der Waals surface area contributed by atoms with Crippen LogP contribution in [-0.2, 0) is 6.54 Å². The Morgan fingerprint density at radius 3 is 2.81 bits per heavy atom. The minimum atomic E-state index is -0.161. The summed E-state index contributed by atoms with van der Waals surface area (Å²) in [5.41, 5.74) is 1.83. The topological polar surface area (TPSA) is 89.4 Å². The van der Waals surface area contributed by atoms with Crippen molar-refractivity contribution < 1.29 is 0 Å². The summed E-state index contributed by atoms with van der Waals surface area (Å²) in [6.45, 7) is 0.251. The first kappa shape index (κ1) is 16.0. The van der Waals surface area contributed by atoms with Gasteiger partial charge in [0.15, 0.2) is 0 Å². The van der Waals surface area contributed by atoms with Crippen LogP contribution in [0.15, 0.2) is 58.0 Å². The first-order chi connectivity index (χ1) is 13.3. The zero-order valence-electron chi connectivity index (χ0n) is 13.9. The van der Waals surface area contributed by atoms with Crippen molar-refractivity contribution in [2.75, 3.05) is 0 Å². The van der Waals surface area contributed by atoms with Crippen molar-refractivity contribution in [3.05, 3.63) is 69.4 Å². The predicted molar refractivity (Wildman–Crippen MR) is 106 cm³/mol. The van der Waals surface area contributed by atoms with Crippen molar-refractivity contribution >= 4 is 32.9 Å². The molecule has 4 heterocycles. The zero-order chi connectivity index (χ0) is 18.2. The lowest BCUT2D eigenvalue weighted by Crippen LogP contribution is -2.14. The molecule has 1 N–H and O–H groups in total. The van der Waals surface area contributed by atoms with Gasteiger partial charge in [-0.2, -0.15) is 16.1 Å². The smallest absolute Gasteiger partial charge is 0.259 e. The standard InChI is InChI=1S/C18H12N6OS2/c25-17-13-8-14(11-4-2-1-3-5-11)27-18(13)20-15(19-17)9-24-22-16(21-23-24)12-6-7-26-10-12/h1-8,10H,9H2,(H,19,20,25). The molecule has 0 unspecified atom stereocenters. The van der Waals surface area contributed by atoms with Crippen molar-refractivity contribution in [1.29, 1.82) is 0 Å². The van der Waals surface area contributed by atoms with E-state index in [0.717, 1.165) is 16.0 Å². The maximum Gasteiger partial charge on any atom is 0.259 e. The molecule has 7 nitrogen and oxygen atoms in total. The fraction of sp³-hybridized carbons (Fsp3) is 0.0556. The van der Waals surface area contributed by atoms with E-state index in [2.05, 4.69) is 25.4 Å². The highest BCUT2D eigenvalue weighted by atomic mass is 32.1. The van der Waals surface area contributed by atoms with Crippen LogP contribution in [0, 0.1) is 0 Å². The summed E-state index contributed by atoms with van der Waals surface area (Å²) in [6, 6.07) is 13.8. The summed E-state index contributed by atoms with van der Waals surface area (Å²) in [6.07, 6.45) is 0. The van der Waals surface area contributed by atoms with Gasteiger partial charge in [-0.05, 0) is 28.3 Å². The SMILES string of the molecule is O=c1[nH]c(Cn2nnc(-c3ccsc3)n2)nc2sc(-c3ccccc3)cc12. The molecule has 0 aliphatic rings. The lowest BCUT2D eigenvalue weighted by Gasteiger charge is -1.98. The monoisotopic (exact) mass is 392 g/mol. The predicted octanol–water partition coefficient (Wildman–Crippen LogP) is 3.41. The van der Waals surface area contributed by atoms with Gasteiger partial charge in [-0.1, -0.05) is 30.3 Å². The van der Waals surface area contributed by atoms with E-state index in [1.165, 1.54) is 16.1 Å². The molecular weight excluding hydrogens is 380 g/mol. The van der Waals surface area contributed by atoms with E-state index >= 15 is 0 Å². The Balaban J connectivity index is 1.48. The minimum absolute atomic E-state index is 0.161. The molecule has 0 fully saturated rings. The molecule has 9 heteroatoms. The van der Waals surface area contributed by atoms with Crippen LogP contribution in [0.2, 0.25) is 0 Å². The first-order valence-corrected chi connectivity index (χ1v) is 9.91. The van der Waals surface area contributed by atoms with Crippen LogP contribution in [0.4, 0.5) is 0 Å². The molecule has 27 heavy (non-hydrogen) atoms. The average molecular weight is 392 g/mol. The number of nitrogens with zero attached hydrogens (tertiary/aromatic N) is 5. The highest BCUT2D eigenvalue weighted by molar-refractivity contribution is 7.21. The van der Waals surface area contributed by atoms with E-state index in [1.54, 1.807) is 11.3 Å². The van der Waals surface area contributed by atoms with Crippen LogP contribution in [0.25, 0.3) is 32.0 Å². The number of aromatic amines is 1. The molecule has 4 aromatic heterocycles. The highest BCUT2D eigenvalue weighted by Gasteiger charge is 2.12. The molecule has 0 saturated carbocycles. The molecule has 0 aliphatic heterocycles. The summed E-state index contributed by atoms with van der Waals surface area (Å²) in [4.78, 5) is 23.0. The van der Waals surface area contributed by atoms with Crippen LogP contribution in [0.1, 0.15) is 5.82 Å². The fourth-order valence-electron chi connectivity index (χ4n) is 2.75. The molecule has 0 bridgehead atoms. The summed E-state index contributed by atoms with van der Waals surface area (Å²) in [5.74, 6) is 1.06. The lowest BCUT2D eigenvalue weighted by atomic mass is 10.2. The third kappa shape index (κ3) is 3.07. The number of benzene rings is 1. The van der Waals surface area contributed by atoms with Crippen LogP contribution < -0.4 is 5.56 Å². The summed E-state index contributed by atoms with van der Waals surface area (Å²) >= 11 is 3.07. The molecule has 5 aromatic rings. The Morgan fingerprint density at radius 1 is 1.11 bits per heavy atom. The number of H-pyrrole nitrogens is 1. The largest absolute Gasteiger partial charge is 0.308 e. The molecule has 0 amide bonds. The normalized spacial score (nSPS) is 11.3. The Kier molecular flexibility index (Phi) is 3.88. The Bertz CT molecular complexity index is 1270. The van der Waals surface area contributed by atoms with Gasteiger partial charge in [0, 0.05) is 15.8 Å². The number of hydrogen-bond acceptors (Lipinski definition) is 7. The average Bonchev–Trinajstić information content (AvgIpc) is 3.43. The van der Waals surface area contributed by atoms with Gasteiger partial charge in [0.2, 0.25) is 5.82 Å². The first-order valence-electron chi connectivity index (χ1n) is 8.15. The molecule has 0 atom stereocenters. The quantitative estimate of drug-likeness (QED) is 0.506. The molecule has 1 aromatic carbocycles. The number of rotatable bonds is 4. The highest BCUT2D eigenvalue weighted by Crippen LogP contribution is 2.30. The third-order valence-electron chi connectivity index (χ3n) is 4.03. The Labute approximate surface area is 161 Å². The summed E-state index contributed by atoms with van der Waals surface area (Å²) < 4.78 is 0. The van der Waals surface area contributed by atoms with E-state index in [-0.39, 0.29) is 12.1 Å². The maximum atomic E-state index is 12.5. The van der Waals surface area contributed by atoms with E-state index in [0.29, 0.717) is 21.9 Å². The van der Waals surface area contributed by atoms with Crippen molar-refractivity contribution in [2.45, 2.75) is 6.54 Å². The zero-order valence-corrected chi connectivity index (χ0v) is 15.5. The second-order valence-electron chi connectivity index (χ2n) is 5.86. The molecule has 0 spiro atoms. The van der Waals surface area contributed by atoms with Crippen LogP contribution >= 0.6 is 22.7 Å². The van der Waals surface area contributed by atoms with Gasteiger partial charge in [0.1, 0.15) is 17.2 Å². The van der Waals surface area contributed by atoms with Gasteiger partial charge in [-0.15, -0.1) is 21.5 Å². The van der Waals surface area contributed by atoms with Crippen molar-refractivity contribution in [1.82, 2.24) is 30.2 Å². The van der Waals surface area contributed by atoms with E-state index in [4.69, 9.17) is 0 Å². The number of aromatic nitrogens is 6. The number of fused-ring (bicyclic) bond motifs is 1. The van der Waals surface area contributed by atoms with Crippen LogP contribution in [0.5, 0.6) is 0 Å².